The molecule has 1 aliphatic heterocycles. The number of nitrogens with zero attached hydrogens (tertiary/aromatic N) is 1. The summed E-state index contributed by atoms with van der Waals surface area (Å²) in [5.41, 5.74) is 0. The Hall–Kier alpha value is -1.70. The fraction of sp³-hybridized carbons (Fsp3) is 0.312. The van der Waals surface area contributed by atoms with E-state index in [4.69, 9.17) is 0 Å². The van der Waals surface area contributed by atoms with Gasteiger partial charge in [-0.2, -0.15) is 4.31 Å². The number of carbonyl (C=O) groups excluding carboxylic acids is 1. The maximum Gasteiger partial charge on any atom is 0.244 e. The van der Waals surface area contributed by atoms with E-state index in [2.05, 4.69) is 11.9 Å². The Kier molecular flexibility index (Phi) is 4.52. The minimum Gasteiger partial charge on any atom is -0.350 e. The van der Waals surface area contributed by atoms with Crippen LogP contribution < -0.4 is 5.32 Å². The van der Waals surface area contributed by atoms with E-state index in [9.17, 15) is 13.2 Å². The standard InChI is InChI=1S/C16H18N2O3S2/c1-2-16(19)17-12-7-9-18(10-8-12)23(20,21)15-11-22-14-6-4-3-5-13(14)15/h2-6,11-12H,1,7-10H2,(H,17,19). The molecule has 0 saturated carbocycles. The van der Waals surface area contributed by atoms with Crippen molar-refractivity contribution in [2.24, 2.45) is 0 Å². The van der Waals surface area contributed by atoms with Crippen LogP contribution in [0.5, 0.6) is 0 Å². The molecule has 0 unspecified atom stereocenters. The van der Waals surface area contributed by atoms with Crippen molar-refractivity contribution < 1.29 is 13.2 Å². The highest BCUT2D eigenvalue weighted by molar-refractivity contribution is 7.89. The van der Waals surface area contributed by atoms with Gasteiger partial charge in [0.2, 0.25) is 15.9 Å². The van der Waals surface area contributed by atoms with Gasteiger partial charge in [-0.3, -0.25) is 4.79 Å². The van der Waals surface area contributed by atoms with Gasteiger partial charge >= 0.3 is 0 Å². The Morgan fingerprint density at radius 3 is 2.70 bits per heavy atom. The fourth-order valence-electron chi connectivity index (χ4n) is 2.79. The van der Waals surface area contributed by atoms with Gasteiger partial charge in [0.25, 0.3) is 0 Å². The van der Waals surface area contributed by atoms with Crippen molar-refractivity contribution in [3.8, 4) is 0 Å². The summed E-state index contributed by atoms with van der Waals surface area (Å²) in [6, 6.07) is 7.53. The second kappa shape index (κ2) is 6.43. The van der Waals surface area contributed by atoms with Crippen molar-refractivity contribution in [3.63, 3.8) is 0 Å². The van der Waals surface area contributed by atoms with Crippen LogP contribution in [0.4, 0.5) is 0 Å². The zero-order chi connectivity index (χ0) is 16.4. The molecular formula is C16H18N2O3S2. The zero-order valence-electron chi connectivity index (χ0n) is 12.6. The molecular weight excluding hydrogens is 332 g/mol. The summed E-state index contributed by atoms with van der Waals surface area (Å²) in [6.45, 7) is 4.25. The Morgan fingerprint density at radius 2 is 2.00 bits per heavy atom. The quantitative estimate of drug-likeness (QED) is 0.861. The van der Waals surface area contributed by atoms with E-state index in [0.29, 0.717) is 30.8 Å². The molecule has 7 heteroatoms. The topological polar surface area (TPSA) is 66.5 Å². The van der Waals surface area contributed by atoms with Gasteiger partial charge in [0.05, 0.1) is 0 Å². The van der Waals surface area contributed by atoms with Crippen molar-refractivity contribution in [2.75, 3.05) is 13.1 Å². The van der Waals surface area contributed by atoms with Gasteiger partial charge in [-0.1, -0.05) is 24.8 Å². The smallest absolute Gasteiger partial charge is 0.244 e. The molecule has 1 N–H and O–H groups in total. The predicted molar refractivity (Wildman–Crippen MR) is 91.9 cm³/mol. The molecule has 0 bridgehead atoms. The number of sulfonamides is 1. The molecule has 1 amide bonds. The number of hydrogen-bond donors (Lipinski definition) is 1. The number of amides is 1. The highest BCUT2D eigenvalue weighted by atomic mass is 32.2. The van der Waals surface area contributed by atoms with Crippen LogP contribution in [-0.4, -0.2) is 37.8 Å². The second-order valence-electron chi connectivity index (χ2n) is 5.49. The molecule has 122 valence electrons. The van der Waals surface area contributed by atoms with Crippen molar-refractivity contribution in [3.05, 3.63) is 42.3 Å². The highest BCUT2D eigenvalue weighted by Gasteiger charge is 2.31. The first-order valence-corrected chi connectivity index (χ1v) is 9.73. The lowest BCUT2D eigenvalue weighted by Gasteiger charge is -2.31. The molecule has 0 radical (unpaired) electrons. The number of nitrogens with one attached hydrogen (secondary N) is 1. The van der Waals surface area contributed by atoms with E-state index in [-0.39, 0.29) is 11.9 Å². The molecule has 1 aliphatic rings. The fourth-order valence-corrected chi connectivity index (χ4v) is 5.74. The summed E-state index contributed by atoms with van der Waals surface area (Å²) < 4.78 is 28.2. The lowest BCUT2D eigenvalue weighted by Crippen LogP contribution is -2.46. The van der Waals surface area contributed by atoms with Gasteiger partial charge in [0.1, 0.15) is 4.90 Å². The van der Waals surface area contributed by atoms with Crippen LogP contribution in [0.3, 0.4) is 0 Å². The average molecular weight is 350 g/mol. The van der Waals surface area contributed by atoms with E-state index in [1.807, 2.05) is 24.3 Å². The van der Waals surface area contributed by atoms with Gasteiger partial charge in [0, 0.05) is 34.6 Å². The zero-order valence-corrected chi connectivity index (χ0v) is 14.2. The van der Waals surface area contributed by atoms with Crippen molar-refractivity contribution in [1.29, 1.82) is 0 Å². The molecule has 3 rings (SSSR count). The molecule has 2 aromatic rings. The normalized spacial score (nSPS) is 17.2. The SMILES string of the molecule is C=CC(=O)NC1CCN(S(=O)(=O)c2csc3ccccc23)CC1. The molecule has 1 saturated heterocycles. The number of piperidine rings is 1. The molecule has 1 aromatic heterocycles. The number of thiophene rings is 1. The van der Waals surface area contributed by atoms with Crippen molar-refractivity contribution in [1.82, 2.24) is 9.62 Å². The maximum absolute atomic E-state index is 12.9. The Labute approximate surface area is 139 Å². The third-order valence-electron chi connectivity index (χ3n) is 4.05. The largest absolute Gasteiger partial charge is 0.350 e. The van der Waals surface area contributed by atoms with Crippen LogP contribution >= 0.6 is 11.3 Å². The van der Waals surface area contributed by atoms with Crippen LogP contribution in [0.15, 0.2) is 47.2 Å². The number of benzene rings is 1. The van der Waals surface area contributed by atoms with Gasteiger partial charge in [0.15, 0.2) is 0 Å². The van der Waals surface area contributed by atoms with Crippen molar-refractivity contribution in [2.45, 2.75) is 23.8 Å². The predicted octanol–water partition coefficient (Wildman–Crippen LogP) is 2.36. The first kappa shape index (κ1) is 16.2. The minimum atomic E-state index is -3.49. The number of carbonyl (C=O) groups is 1. The molecule has 0 spiro atoms. The first-order valence-electron chi connectivity index (χ1n) is 7.41. The number of rotatable bonds is 4. The summed E-state index contributed by atoms with van der Waals surface area (Å²) >= 11 is 1.44. The molecule has 0 atom stereocenters. The van der Waals surface area contributed by atoms with Gasteiger partial charge in [-0.25, -0.2) is 8.42 Å². The van der Waals surface area contributed by atoms with E-state index in [0.717, 1.165) is 10.1 Å². The molecule has 1 aromatic carbocycles. The van der Waals surface area contributed by atoms with E-state index in [1.165, 1.54) is 21.7 Å². The van der Waals surface area contributed by atoms with Crippen LogP contribution in [0.1, 0.15) is 12.8 Å². The number of fused-ring (bicyclic) bond motifs is 1. The maximum atomic E-state index is 12.9. The van der Waals surface area contributed by atoms with Gasteiger partial charge < -0.3 is 5.32 Å². The van der Waals surface area contributed by atoms with Crippen LogP contribution in [0, 0.1) is 0 Å². The van der Waals surface area contributed by atoms with Crippen LogP contribution in [0.2, 0.25) is 0 Å². The third kappa shape index (κ3) is 3.17. The van der Waals surface area contributed by atoms with E-state index in [1.54, 1.807) is 5.38 Å². The molecule has 0 aliphatic carbocycles. The summed E-state index contributed by atoms with van der Waals surface area (Å²) in [7, 11) is -3.49. The first-order chi connectivity index (χ1) is 11.0. The Morgan fingerprint density at radius 1 is 1.30 bits per heavy atom. The summed E-state index contributed by atoms with van der Waals surface area (Å²) in [4.78, 5) is 11.7. The van der Waals surface area contributed by atoms with Crippen LogP contribution in [-0.2, 0) is 14.8 Å². The lowest BCUT2D eigenvalue weighted by molar-refractivity contribution is -0.117. The molecule has 23 heavy (non-hydrogen) atoms. The second-order valence-corrected chi connectivity index (χ2v) is 8.30. The Balaban J connectivity index is 1.77. The minimum absolute atomic E-state index is 0.00571. The summed E-state index contributed by atoms with van der Waals surface area (Å²) in [5, 5.41) is 5.32. The van der Waals surface area contributed by atoms with Gasteiger partial charge in [-0.15, -0.1) is 11.3 Å². The molecule has 1 fully saturated rings. The van der Waals surface area contributed by atoms with E-state index >= 15 is 0 Å². The Bertz CT molecular complexity index is 834. The lowest BCUT2D eigenvalue weighted by atomic mass is 10.1. The summed E-state index contributed by atoms with van der Waals surface area (Å²) in [5.74, 6) is -0.213. The monoisotopic (exact) mass is 350 g/mol. The highest BCUT2D eigenvalue weighted by Crippen LogP contribution is 2.32. The average Bonchev–Trinajstić information content (AvgIpc) is 3.00. The number of hydrogen-bond acceptors (Lipinski definition) is 4. The third-order valence-corrected chi connectivity index (χ3v) is 7.10. The molecule has 5 nitrogen and oxygen atoms in total. The molecule has 2 heterocycles. The van der Waals surface area contributed by atoms with Crippen LogP contribution in [0.25, 0.3) is 10.1 Å². The van der Waals surface area contributed by atoms with Crippen molar-refractivity contribution >= 4 is 37.4 Å². The van der Waals surface area contributed by atoms with Gasteiger partial charge in [-0.05, 0) is 25.0 Å². The summed E-state index contributed by atoms with van der Waals surface area (Å²) in [6.07, 6.45) is 2.46. The van der Waals surface area contributed by atoms with E-state index < -0.39 is 10.0 Å².